The van der Waals surface area contributed by atoms with Crippen molar-refractivity contribution in [3.05, 3.63) is 20.3 Å². The number of halogens is 2. The van der Waals surface area contributed by atoms with Crippen molar-refractivity contribution >= 4 is 40.5 Å². The molecular formula is C6H4Cl2O2S. The standard InChI is InChI=1S/C6H4Cl2O2S/c1-10-6(9)3-2-4(7)11-5(3)8/h2H,1H3. The lowest BCUT2D eigenvalue weighted by molar-refractivity contribution is 0.0601. The van der Waals surface area contributed by atoms with Crippen LogP contribution in [-0.2, 0) is 4.74 Å². The van der Waals surface area contributed by atoms with Crippen LogP contribution in [0.3, 0.4) is 0 Å². The first kappa shape index (κ1) is 8.84. The van der Waals surface area contributed by atoms with Crippen molar-refractivity contribution < 1.29 is 9.53 Å². The molecule has 0 unspecified atom stereocenters. The Hall–Kier alpha value is -0.250. The van der Waals surface area contributed by atoms with Gasteiger partial charge >= 0.3 is 5.97 Å². The van der Waals surface area contributed by atoms with Crippen LogP contribution in [0.15, 0.2) is 6.07 Å². The number of thiophene rings is 1. The molecule has 2 nitrogen and oxygen atoms in total. The molecule has 0 atom stereocenters. The molecule has 11 heavy (non-hydrogen) atoms. The molecule has 1 rings (SSSR count). The van der Waals surface area contributed by atoms with Gasteiger partial charge < -0.3 is 4.74 Å². The Balaban J connectivity index is 3.03. The van der Waals surface area contributed by atoms with Crippen molar-refractivity contribution in [2.24, 2.45) is 0 Å². The number of esters is 1. The zero-order chi connectivity index (χ0) is 8.43. The van der Waals surface area contributed by atoms with E-state index in [1.165, 1.54) is 13.2 Å². The normalized spacial score (nSPS) is 9.73. The molecule has 0 saturated carbocycles. The van der Waals surface area contributed by atoms with Crippen LogP contribution in [0, 0.1) is 0 Å². The molecule has 60 valence electrons. The van der Waals surface area contributed by atoms with E-state index in [1.54, 1.807) is 0 Å². The molecule has 1 aromatic rings. The van der Waals surface area contributed by atoms with E-state index in [0.717, 1.165) is 11.3 Å². The van der Waals surface area contributed by atoms with Gasteiger partial charge in [0.1, 0.15) is 4.34 Å². The summed E-state index contributed by atoms with van der Waals surface area (Å²) in [4.78, 5) is 10.9. The topological polar surface area (TPSA) is 26.3 Å². The fourth-order valence-corrected chi connectivity index (χ4v) is 2.03. The molecule has 0 radical (unpaired) electrons. The first-order valence-electron chi connectivity index (χ1n) is 2.68. The van der Waals surface area contributed by atoms with Gasteiger partial charge in [0.15, 0.2) is 0 Å². The second-order valence-corrected chi connectivity index (χ2v) is 4.02. The average molecular weight is 211 g/mol. The van der Waals surface area contributed by atoms with Gasteiger partial charge in [-0.2, -0.15) is 0 Å². The van der Waals surface area contributed by atoms with E-state index >= 15 is 0 Å². The lowest BCUT2D eigenvalue weighted by Crippen LogP contribution is -1.98. The minimum absolute atomic E-state index is 0.323. The van der Waals surface area contributed by atoms with E-state index in [2.05, 4.69) is 4.74 Å². The molecule has 0 amide bonds. The minimum atomic E-state index is -0.460. The van der Waals surface area contributed by atoms with Crippen molar-refractivity contribution in [1.29, 1.82) is 0 Å². The van der Waals surface area contributed by atoms with Crippen LogP contribution in [0.25, 0.3) is 0 Å². The minimum Gasteiger partial charge on any atom is -0.465 e. The molecule has 0 aliphatic heterocycles. The number of hydrogen-bond donors (Lipinski definition) is 0. The third-order valence-corrected chi connectivity index (χ3v) is 2.55. The molecule has 0 saturated heterocycles. The van der Waals surface area contributed by atoms with E-state index in [0.29, 0.717) is 14.2 Å². The van der Waals surface area contributed by atoms with Crippen LogP contribution >= 0.6 is 34.5 Å². The number of ether oxygens (including phenoxy) is 1. The first-order valence-corrected chi connectivity index (χ1v) is 4.25. The quantitative estimate of drug-likeness (QED) is 0.667. The highest BCUT2D eigenvalue weighted by atomic mass is 35.5. The highest BCUT2D eigenvalue weighted by molar-refractivity contribution is 7.20. The van der Waals surface area contributed by atoms with E-state index in [1.807, 2.05) is 0 Å². The summed E-state index contributed by atoms with van der Waals surface area (Å²) in [5.41, 5.74) is 0.323. The summed E-state index contributed by atoms with van der Waals surface area (Å²) in [5.74, 6) is -0.460. The average Bonchev–Trinajstić information content (AvgIpc) is 2.28. The van der Waals surface area contributed by atoms with Gasteiger partial charge in [-0.25, -0.2) is 4.79 Å². The van der Waals surface area contributed by atoms with Crippen LogP contribution < -0.4 is 0 Å². The van der Waals surface area contributed by atoms with Crippen LogP contribution in [0.2, 0.25) is 8.67 Å². The SMILES string of the molecule is COC(=O)c1cc(Cl)sc1Cl. The number of rotatable bonds is 1. The monoisotopic (exact) mass is 210 g/mol. The van der Waals surface area contributed by atoms with Crippen molar-refractivity contribution in [3.8, 4) is 0 Å². The molecule has 0 N–H and O–H groups in total. The summed E-state index contributed by atoms with van der Waals surface area (Å²) >= 11 is 12.4. The maximum absolute atomic E-state index is 10.9. The second kappa shape index (κ2) is 3.43. The summed E-state index contributed by atoms with van der Waals surface area (Å²) in [6.45, 7) is 0. The molecule has 0 aliphatic carbocycles. The first-order chi connectivity index (χ1) is 5.15. The molecule has 0 bridgehead atoms. The largest absolute Gasteiger partial charge is 0.465 e. The molecule has 0 spiro atoms. The van der Waals surface area contributed by atoms with E-state index in [9.17, 15) is 4.79 Å². The van der Waals surface area contributed by atoms with E-state index in [4.69, 9.17) is 23.2 Å². The second-order valence-electron chi connectivity index (χ2n) is 1.73. The molecule has 1 heterocycles. The van der Waals surface area contributed by atoms with Crippen molar-refractivity contribution in [2.45, 2.75) is 0 Å². The number of methoxy groups -OCH3 is 1. The predicted molar refractivity (Wildman–Crippen MR) is 45.7 cm³/mol. The summed E-state index contributed by atoms with van der Waals surface area (Å²) < 4.78 is 5.30. The Morgan fingerprint density at radius 1 is 1.64 bits per heavy atom. The third-order valence-electron chi connectivity index (χ3n) is 1.06. The van der Waals surface area contributed by atoms with Gasteiger partial charge in [-0.15, -0.1) is 11.3 Å². The van der Waals surface area contributed by atoms with Gasteiger partial charge in [0, 0.05) is 0 Å². The fraction of sp³-hybridized carbons (Fsp3) is 0.167. The van der Waals surface area contributed by atoms with Gasteiger partial charge in [-0.3, -0.25) is 0 Å². The molecule has 0 aromatic carbocycles. The smallest absolute Gasteiger partial charge is 0.340 e. The molecule has 0 fully saturated rings. The zero-order valence-electron chi connectivity index (χ0n) is 5.56. The highest BCUT2D eigenvalue weighted by Gasteiger charge is 2.13. The number of hydrogen-bond acceptors (Lipinski definition) is 3. The molecule has 1 aromatic heterocycles. The fourth-order valence-electron chi connectivity index (χ4n) is 0.589. The van der Waals surface area contributed by atoms with Gasteiger partial charge in [0.2, 0.25) is 0 Å². The lowest BCUT2D eigenvalue weighted by atomic mass is 10.3. The van der Waals surface area contributed by atoms with Crippen LogP contribution in [0.1, 0.15) is 10.4 Å². The third kappa shape index (κ3) is 1.86. The van der Waals surface area contributed by atoms with Crippen molar-refractivity contribution in [1.82, 2.24) is 0 Å². The Labute approximate surface area is 77.7 Å². The lowest BCUT2D eigenvalue weighted by Gasteiger charge is -1.93. The highest BCUT2D eigenvalue weighted by Crippen LogP contribution is 2.31. The Kier molecular flexibility index (Phi) is 2.76. The van der Waals surface area contributed by atoms with Crippen molar-refractivity contribution in [3.63, 3.8) is 0 Å². The van der Waals surface area contributed by atoms with E-state index in [-0.39, 0.29) is 0 Å². The predicted octanol–water partition coefficient (Wildman–Crippen LogP) is 2.84. The Morgan fingerprint density at radius 2 is 2.27 bits per heavy atom. The van der Waals surface area contributed by atoms with Gasteiger partial charge in [-0.05, 0) is 6.07 Å². The number of carbonyl (C=O) groups excluding carboxylic acids is 1. The van der Waals surface area contributed by atoms with E-state index < -0.39 is 5.97 Å². The van der Waals surface area contributed by atoms with Gasteiger partial charge in [0.05, 0.1) is 17.0 Å². The Morgan fingerprint density at radius 3 is 2.64 bits per heavy atom. The van der Waals surface area contributed by atoms with Gasteiger partial charge in [0.25, 0.3) is 0 Å². The molecule has 5 heteroatoms. The summed E-state index contributed by atoms with van der Waals surface area (Å²) in [5, 5.41) is 0. The van der Waals surface area contributed by atoms with Gasteiger partial charge in [-0.1, -0.05) is 23.2 Å². The zero-order valence-corrected chi connectivity index (χ0v) is 7.89. The van der Waals surface area contributed by atoms with Crippen LogP contribution in [0.4, 0.5) is 0 Å². The summed E-state index contributed by atoms with van der Waals surface area (Å²) in [7, 11) is 1.30. The summed E-state index contributed by atoms with van der Waals surface area (Å²) in [6.07, 6.45) is 0. The molecular weight excluding hydrogens is 207 g/mol. The van der Waals surface area contributed by atoms with Crippen molar-refractivity contribution in [2.75, 3.05) is 7.11 Å². The van der Waals surface area contributed by atoms with Crippen LogP contribution in [-0.4, -0.2) is 13.1 Å². The summed E-state index contributed by atoms with van der Waals surface area (Å²) in [6, 6.07) is 1.49. The maximum atomic E-state index is 10.9. The van der Waals surface area contributed by atoms with Crippen LogP contribution in [0.5, 0.6) is 0 Å². The Bertz CT molecular complexity index is 282. The maximum Gasteiger partial charge on any atom is 0.340 e. The number of carbonyl (C=O) groups is 1. The molecule has 0 aliphatic rings.